The minimum Gasteiger partial charge on any atom is -0.450 e. The van der Waals surface area contributed by atoms with E-state index in [1.807, 2.05) is 29.8 Å². The van der Waals surface area contributed by atoms with Crippen LogP contribution in [0.15, 0.2) is 66.7 Å². The van der Waals surface area contributed by atoms with Gasteiger partial charge in [0.05, 0.1) is 29.7 Å². The van der Waals surface area contributed by atoms with E-state index in [-0.39, 0.29) is 23.9 Å². The fraction of sp³-hybridized carbons (Fsp3) is 0.343. The van der Waals surface area contributed by atoms with E-state index in [1.165, 1.54) is 4.90 Å². The summed E-state index contributed by atoms with van der Waals surface area (Å²) >= 11 is 0. The number of imidazole rings is 1. The first-order chi connectivity index (χ1) is 23.2. The lowest BCUT2D eigenvalue weighted by Crippen LogP contribution is -2.55. The monoisotopic (exact) mass is 677 g/mol. The fourth-order valence-corrected chi connectivity index (χ4v) is 5.81. The molecule has 1 fully saturated rings. The molecule has 14 heteroatoms. The predicted octanol–water partition coefficient (Wildman–Crippen LogP) is 5.89. The summed E-state index contributed by atoms with van der Waals surface area (Å²) in [6.45, 7) is 5.24. The first-order valence-corrected chi connectivity index (χ1v) is 15.8. The highest BCUT2D eigenvalue weighted by atomic mass is 19.4. The minimum absolute atomic E-state index is 0.000511. The molecule has 11 nitrogen and oxygen atoms in total. The summed E-state index contributed by atoms with van der Waals surface area (Å²) in [5.74, 6) is -0.363. The van der Waals surface area contributed by atoms with Crippen LogP contribution in [0.5, 0.6) is 0 Å². The number of rotatable bonds is 9. The van der Waals surface area contributed by atoms with Crippen molar-refractivity contribution in [2.75, 3.05) is 32.1 Å². The van der Waals surface area contributed by atoms with Crippen LogP contribution in [-0.4, -0.2) is 69.8 Å². The van der Waals surface area contributed by atoms with Gasteiger partial charge in [-0.3, -0.25) is 19.9 Å². The number of nitrogens with one attached hydrogen (secondary N) is 3. The molecule has 0 aliphatic carbocycles. The standard InChI is InChI=1S/C35H38F3N7O4/c1-5-49-33(48)44(4)34(2,32(47)45-18-6-7-19-45)25-14-17-28-27(20-25)41-29(43(28)3)21-40-26-15-10-22(11-16-26)30(39)42-31(46)23-8-12-24(13-9-23)35(36,37)38/h8-17,20,40H,5-7,18-19,21H2,1-4H3,(H2,39,42,46)/t34-/m1/s1. The van der Waals surface area contributed by atoms with Crippen LogP contribution >= 0.6 is 0 Å². The Morgan fingerprint density at radius 1 is 0.959 bits per heavy atom. The molecule has 0 spiro atoms. The van der Waals surface area contributed by atoms with Crippen LogP contribution < -0.4 is 10.6 Å². The van der Waals surface area contributed by atoms with Crippen LogP contribution in [0.2, 0.25) is 0 Å². The number of hydrogen-bond acceptors (Lipinski definition) is 7. The van der Waals surface area contributed by atoms with Gasteiger partial charge >= 0.3 is 12.3 Å². The minimum atomic E-state index is -4.51. The number of alkyl halides is 3. The van der Waals surface area contributed by atoms with E-state index in [0.717, 1.165) is 48.3 Å². The SMILES string of the molecule is CCOC(=O)N(C)[C@@](C)(C(=O)N1CCCC1)c1ccc2c(c1)nc(CNc1ccc(C(=N)NC(=O)c3ccc(C(F)(F)F)cc3)cc1)n2C. The zero-order chi connectivity index (χ0) is 35.5. The number of carbonyl (C=O) groups is 3. The van der Waals surface area contributed by atoms with Crippen LogP contribution in [0.1, 0.15) is 59.6 Å². The molecule has 3 aromatic carbocycles. The van der Waals surface area contributed by atoms with E-state index < -0.39 is 29.3 Å². The molecular formula is C35H38F3N7O4. The van der Waals surface area contributed by atoms with E-state index in [4.69, 9.17) is 15.1 Å². The van der Waals surface area contributed by atoms with Crippen LogP contribution in [-0.2, 0) is 34.8 Å². The van der Waals surface area contributed by atoms with Crippen LogP contribution in [0.4, 0.5) is 23.7 Å². The maximum Gasteiger partial charge on any atom is 0.416 e. The fourth-order valence-electron chi connectivity index (χ4n) is 5.81. The number of hydrogen-bond donors (Lipinski definition) is 3. The molecule has 258 valence electrons. The highest BCUT2D eigenvalue weighted by Gasteiger charge is 2.45. The molecule has 5 rings (SSSR count). The second kappa shape index (κ2) is 14.0. The third kappa shape index (κ3) is 7.22. The highest BCUT2D eigenvalue weighted by Crippen LogP contribution is 2.34. The number of benzene rings is 3. The molecule has 2 heterocycles. The third-order valence-corrected chi connectivity index (χ3v) is 8.89. The molecule has 0 saturated carbocycles. The Bertz CT molecular complexity index is 1870. The molecule has 1 aliphatic heterocycles. The number of carbonyl (C=O) groups excluding carboxylic acids is 3. The van der Waals surface area contributed by atoms with Gasteiger partial charge in [0.25, 0.3) is 11.8 Å². The topological polar surface area (TPSA) is 133 Å². The van der Waals surface area contributed by atoms with Gasteiger partial charge in [-0.05, 0) is 92.9 Å². The van der Waals surface area contributed by atoms with Gasteiger partial charge in [0.1, 0.15) is 17.2 Å². The van der Waals surface area contributed by atoms with E-state index in [0.29, 0.717) is 42.1 Å². The highest BCUT2D eigenvalue weighted by molar-refractivity contribution is 6.11. The molecular weight excluding hydrogens is 639 g/mol. The Labute approximate surface area is 281 Å². The molecule has 1 aromatic heterocycles. The number of amides is 3. The van der Waals surface area contributed by atoms with Crippen molar-refractivity contribution in [2.24, 2.45) is 7.05 Å². The summed E-state index contributed by atoms with van der Waals surface area (Å²) in [6.07, 6.45) is -3.28. The summed E-state index contributed by atoms with van der Waals surface area (Å²) in [6, 6.07) is 16.1. The number of halogens is 3. The van der Waals surface area contributed by atoms with Crippen molar-refractivity contribution in [3.63, 3.8) is 0 Å². The number of aromatic nitrogens is 2. The number of anilines is 1. The van der Waals surface area contributed by atoms with Crippen LogP contribution in [0.3, 0.4) is 0 Å². The van der Waals surface area contributed by atoms with Crippen molar-refractivity contribution in [2.45, 2.75) is 44.9 Å². The summed E-state index contributed by atoms with van der Waals surface area (Å²) < 4.78 is 45.7. The van der Waals surface area contributed by atoms with Gasteiger partial charge in [-0.15, -0.1) is 0 Å². The largest absolute Gasteiger partial charge is 0.450 e. The summed E-state index contributed by atoms with van der Waals surface area (Å²) in [7, 11) is 3.46. The van der Waals surface area contributed by atoms with E-state index in [9.17, 15) is 27.6 Å². The van der Waals surface area contributed by atoms with Crippen molar-refractivity contribution in [3.8, 4) is 0 Å². The third-order valence-electron chi connectivity index (χ3n) is 8.89. The van der Waals surface area contributed by atoms with E-state index in [2.05, 4.69) is 10.6 Å². The Hall–Kier alpha value is -5.40. The van der Waals surface area contributed by atoms with Gasteiger partial charge in [0, 0.05) is 44.0 Å². The van der Waals surface area contributed by atoms with Gasteiger partial charge in [0.15, 0.2) is 0 Å². The van der Waals surface area contributed by atoms with Crippen molar-refractivity contribution in [1.82, 2.24) is 24.7 Å². The molecule has 3 amide bonds. The zero-order valence-electron chi connectivity index (χ0n) is 27.6. The van der Waals surface area contributed by atoms with Crippen LogP contribution in [0, 0.1) is 5.41 Å². The first kappa shape index (κ1) is 34.9. The lowest BCUT2D eigenvalue weighted by molar-refractivity contribution is -0.141. The molecule has 1 saturated heterocycles. The van der Waals surface area contributed by atoms with Crippen molar-refractivity contribution in [3.05, 3.63) is 94.8 Å². The number of likely N-dealkylation sites (tertiary alicyclic amines) is 1. The smallest absolute Gasteiger partial charge is 0.416 e. The maximum absolute atomic E-state index is 13.9. The molecule has 0 bridgehead atoms. The summed E-state index contributed by atoms with van der Waals surface area (Å²) in [5, 5.41) is 14.0. The lowest BCUT2D eigenvalue weighted by atomic mass is 9.88. The number of fused-ring (bicyclic) bond motifs is 1. The number of nitrogens with zero attached hydrogens (tertiary/aromatic N) is 4. The zero-order valence-corrected chi connectivity index (χ0v) is 27.6. The summed E-state index contributed by atoms with van der Waals surface area (Å²) in [5.41, 5.74) is 1.06. The average Bonchev–Trinajstić information content (AvgIpc) is 3.74. The first-order valence-electron chi connectivity index (χ1n) is 15.8. The van der Waals surface area contributed by atoms with Crippen molar-refractivity contribution >= 4 is 40.5 Å². The second-order valence-electron chi connectivity index (χ2n) is 12.0. The second-order valence-corrected chi connectivity index (χ2v) is 12.0. The average molecular weight is 678 g/mol. The number of ether oxygens (including phenoxy) is 1. The van der Waals surface area contributed by atoms with Gasteiger partial charge in [-0.25, -0.2) is 9.78 Å². The molecule has 4 aromatic rings. The van der Waals surface area contributed by atoms with E-state index >= 15 is 0 Å². The van der Waals surface area contributed by atoms with Crippen LogP contribution in [0.25, 0.3) is 11.0 Å². The number of amidine groups is 1. The van der Waals surface area contributed by atoms with Crippen molar-refractivity contribution in [1.29, 1.82) is 5.41 Å². The molecule has 0 unspecified atom stereocenters. The molecule has 0 radical (unpaired) electrons. The number of likely N-dealkylation sites (N-methyl/N-ethyl adjacent to an activating group) is 1. The Kier molecular flexibility index (Phi) is 9.97. The molecule has 49 heavy (non-hydrogen) atoms. The van der Waals surface area contributed by atoms with Gasteiger partial charge in [-0.1, -0.05) is 6.07 Å². The van der Waals surface area contributed by atoms with Gasteiger partial charge in [0.2, 0.25) is 0 Å². The predicted molar refractivity (Wildman–Crippen MR) is 178 cm³/mol. The van der Waals surface area contributed by atoms with E-state index in [1.54, 1.807) is 50.1 Å². The number of aryl methyl sites for hydroxylation is 1. The summed E-state index contributed by atoms with van der Waals surface area (Å²) in [4.78, 5) is 47.2. The Balaban J connectivity index is 1.28. The molecule has 3 N–H and O–H groups in total. The van der Waals surface area contributed by atoms with Crippen molar-refractivity contribution < 1.29 is 32.3 Å². The Morgan fingerprint density at radius 3 is 2.18 bits per heavy atom. The quantitative estimate of drug-likeness (QED) is 0.150. The maximum atomic E-state index is 13.9. The molecule has 1 aliphatic rings. The van der Waals surface area contributed by atoms with Gasteiger partial charge < -0.3 is 24.8 Å². The Morgan fingerprint density at radius 2 is 1.57 bits per heavy atom. The molecule has 1 atom stereocenters. The lowest BCUT2D eigenvalue weighted by Gasteiger charge is -2.39. The van der Waals surface area contributed by atoms with Gasteiger partial charge in [-0.2, -0.15) is 13.2 Å². The normalized spacial score (nSPS) is 14.3.